The number of carbonyl (C=O) groups is 2. The van der Waals surface area contributed by atoms with E-state index >= 15 is 0 Å². The number of ether oxygens (including phenoxy) is 1. The number of rotatable bonds is 11. The van der Waals surface area contributed by atoms with Crippen molar-refractivity contribution in [1.29, 1.82) is 0 Å². The number of pyridine rings is 2. The molecule has 0 bridgehead atoms. The van der Waals surface area contributed by atoms with Gasteiger partial charge in [0.05, 0.1) is 17.6 Å². The third-order valence-electron chi connectivity index (χ3n) is 4.85. The lowest BCUT2D eigenvalue weighted by atomic mass is 10.2. The molecule has 13 nitrogen and oxygen atoms in total. The Labute approximate surface area is 217 Å². The molecular formula is C22H25ClN6O7S. The second-order valence-electron chi connectivity index (χ2n) is 7.51. The highest BCUT2D eigenvalue weighted by Crippen LogP contribution is 2.13. The van der Waals surface area contributed by atoms with Gasteiger partial charge < -0.3 is 27.6 Å². The minimum Gasteiger partial charge on any atom is -1.00 e. The van der Waals surface area contributed by atoms with E-state index in [-0.39, 0.29) is 35.4 Å². The van der Waals surface area contributed by atoms with E-state index < -0.39 is 40.0 Å². The van der Waals surface area contributed by atoms with Gasteiger partial charge in [-0.15, -0.1) is 0 Å². The van der Waals surface area contributed by atoms with E-state index in [4.69, 9.17) is 16.2 Å². The number of aromatic nitrogens is 1. The molecule has 1 atom stereocenters. The molecule has 2 aromatic heterocycles. The zero-order valence-corrected chi connectivity index (χ0v) is 20.8. The lowest BCUT2D eigenvalue weighted by Crippen LogP contribution is -3.00. The van der Waals surface area contributed by atoms with Crippen LogP contribution in [0.3, 0.4) is 0 Å². The Bertz CT molecular complexity index is 1460. The Balaban J connectivity index is 0.00000481. The molecular weight excluding hydrogens is 528 g/mol. The van der Waals surface area contributed by atoms with Crippen LogP contribution in [0, 0.1) is 0 Å². The Morgan fingerprint density at radius 2 is 1.81 bits per heavy atom. The largest absolute Gasteiger partial charge is 1.00 e. The maximum Gasteiger partial charge on any atom is 0.338 e. The third kappa shape index (κ3) is 7.93. The molecule has 0 spiro atoms. The van der Waals surface area contributed by atoms with Crippen molar-refractivity contribution in [3.63, 3.8) is 0 Å². The van der Waals surface area contributed by atoms with Crippen LogP contribution in [0.25, 0.3) is 5.52 Å². The summed E-state index contributed by atoms with van der Waals surface area (Å²) in [6.45, 7) is 0.0375. The van der Waals surface area contributed by atoms with Crippen LogP contribution in [0.15, 0.2) is 70.5 Å². The number of fused-ring (bicyclic) bond motifs is 1. The summed E-state index contributed by atoms with van der Waals surface area (Å²) in [6.07, 6.45) is 1.45. The Morgan fingerprint density at radius 3 is 2.46 bits per heavy atom. The number of carboxylic acid groups (broad SMARTS) is 1. The van der Waals surface area contributed by atoms with E-state index in [0.717, 1.165) is 6.07 Å². The second kappa shape index (κ2) is 12.7. The fourth-order valence-corrected chi connectivity index (χ4v) is 4.33. The molecule has 0 fully saturated rings. The molecule has 0 aliphatic heterocycles. The fourth-order valence-electron chi connectivity index (χ4n) is 3.12. The van der Waals surface area contributed by atoms with Crippen LogP contribution in [-0.2, 0) is 14.8 Å². The molecule has 3 rings (SSSR count). The van der Waals surface area contributed by atoms with Crippen LogP contribution >= 0.6 is 0 Å². The summed E-state index contributed by atoms with van der Waals surface area (Å²) in [5.41, 5.74) is 10.4. The second-order valence-corrected chi connectivity index (χ2v) is 9.22. The molecule has 0 unspecified atom stereocenters. The van der Waals surface area contributed by atoms with E-state index in [1.165, 1.54) is 40.9 Å². The smallest absolute Gasteiger partial charge is 0.338 e. The van der Waals surface area contributed by atoms with Gasteiger partial charge in [0.2, 0.25) is 10.0 Å². The molecule has 1 aromatic carbocycles. The molecule has 2 heterocycles. The van der Waals surface area contributed by atoms with Gasteiger partial charge in [0.1, 0.15) is 18.4 Å². The highest BCUT2D eigenvalue weighted by molar-refractivity contribution is 7.89. The first kappa shape index (κ1) is 29.1. The molecule has 0 aliphatic rings. The number of hydrogen-bond acceptors (Lipinski definition) is 6. The number of guanidine groups is 1. The van der Waals surface area contributed by atoms with Gasteiger partial charge in [-0.25, -0.2) is 8.42 Å². The van der Waals surface area contributed by atoms with E-state index in [1.807, 2.05) is 4.72 Å². The van der Waals surface area contributed by atoms with Gasteiger partial charge in [-0.3, -0.25) is 35.2 Å². The molecule has 37 heavy (non-hydrogen) atoms. The van der Waals surface area contributed by atoms with Crippen molar-refractivity contribution in [2.75, 3.05) is 19.7 Å². The summed E-state index contributed by atoms with van der Waals surface area (Å²) < 4.78 is 33.7. The maximum atomic E-state index is 12.6. The summed E-state index contributed by atoms with van der Waals surface area (Å²) in [5.74, 6) is -1.78. The quantitative estimate of drug-likeness (QED) is 0.0759. The van der Waals surface area contributed by atoms with Crippen LogP contribution in [0.4, 0.5) is 0 Å². The molecule has 198 valence electrons. The summed E-state index contributed by atoms with van der Waals surface area (Å²) in [6, 6.07) is 11.3. The van der Waals surface area contributed by atoms with Gasteiger partial charge in [0, 0.05) is 23.7 Å². The van der Waals surface area contributed by atoms with Crippen molar-refractivity contribution < 1.29 is 45.2 Å². The summed E-state index contributed by atoms with van der Waals surface area (Å²) in [7, 11) is -4.13. The van der Waals surface area contributed by atoms with Gasteiger partial charge in [-0.1, -0.05) is 18.2 Å². The van der Waals surface area contributed by atoms with Crippen LogP contribution < -0.4 is 49.2 Å². The zero-order valence-electron chi connectivity index (χ0n) is 19.3. The number of carboxylic acids is 1. The van der Waals surface area contributed by atoms with Crippen molar-refractivity contribution in [3.8, 4) is 5.75 Å². The van der Waals surface area contributed by atoms with E-state index in [0.29, 0.717) is 17.8 Å². The van der Waals surface area contributed by atoms with E-state index in [2.05, 4.69) is 10.3 Å². The first-order chi connectivity index (χ1) is 17.1. The Hall–Kier alpha value is -4.14. The molecule has 8 N–H and O–H groups in total. The standard InChI is InChI=1S/C22H24N6O7S.ClH/c23-22(24)25-8-9-35-16-7-6-15-10-14(11-19(29)28(15)13-16)20(30)26-12-18(21(31)32)27-36(33,34)17-4-2-1-3-5-17;/h1-7,10-11,13,18,27H,8-9,12H2,(H,26,30)(H,31,32)(H4,23,24,25);1H/t18-;/m0./s1. The van der Waals surface area contributed by atoms with Crippen molar-refractivity contribution in [3.05, 3.63) is 76.7 Å². The monoisotopic (exact) mass is 552 g/mol. The van der Waals surface area contributed by atoms with Gasteiger partial charge >= 0.3 is 11.9 Å². The van der Waals surface area contributed by atoms with Crippen LogP contribution in [0.2, 0.25) is 0 Å². The predicted octanol–water partition coefficient (Wildman–Crippen LogP) is -5.80. The normalized spacial score (nSPS) is 11.7. The number of hydrogen-bond donors (Lipinski definition) is 6. The van der Waals surface area contributed by atoms with Crippen molar-refractivity contribution in [2.45, 2.75) is 10.9 Å². The average Bonchev–Trinajstić information content (AvgIpc) is 2.84. The predicted molar refractivity (Wildman–Crippen MR) is 129 cm³/mol. The van der Waals surface area contributed by atoms with Crippen molar-refractivity contribution >= 4 is 33.4 Å². The number of sulfonamides is 1. The highest BCUT2D eigenvalue weighted by atomic mass is 35.5. The molecule has 15 heteroatoms. The number of carbonyl (C=O) groups excluding carboxylic acids is 1. The Morgan fingerprint density at radius 1 is 1.11 bits per heavy atom. The van der Waals surface area contributed by atoms with Crippen LogP contribution in [-0.4, -0.2) is 61.5 Å². The minimum atomic E-state index is -4.13. The van der Waals surface area contributed by atoms with Crippen molar-refractivity contribution in [1.82, 2.24) is 14.4 Å². The van der Waals surface area contributed by atoms with Crippen LogP contribution in [0.1, 0.15) is 10.4 Å². The lowest BCUT2D eigenvalue weighted by molar-refractivity contribution is -0.461. The van der Waals surface area contributed by atoms with Gasteiger partial charge in [0.25, 0.3) is 11.5 Å². The number of benzene rings is 1. The minimum absolute atomic E-state index is 0. The zero-order chi connectivity index (χ0) is 26.3. The van der Waals surface area contributed by atoms with Crippen LogP contribution in [0.5, 0.6) is 5.75 Å². The molecule has 1 amide bonds. The molecule has 0 radical (unpaired) electrons. The first-order valence-electron chi connectivity index (χ1n) is 10.6. The maximum absolute atomic E-state index is 12.6. The number of nitrogens with two attached hydrogens (primary N) is 2. The van der Waals surface area contributed by atoms with Gasteiger partial charge in [0.15, 0.2) is 0 Å². The lowest BCUT2D eigenvalue weighted by Gasteiger charge is -2.16. The van der Waals surface area contributed by atoms with Crippen molar-refractivity contribution in [2.24, 2.45) is 11.5 Å². The fraction of sp³-hybridized carbons (Fsp3) is 0.182. The number of amides is 1. The number of aliphatic carboxylic acids is 1. The molecule has 0 saturated carbocycles. The summed E-state index contributed by atoms with van der Waals surface area (Å²) in [5, 5.41) is 11.8. The molecule has 3 aromatic rings. The van der Waals surface area contributed by atoms with E-state index in [1.54, 1.807) is 18.2 Å². The average molecular weight is 553 g/mol. The number of nitrogens with zero attached hydrogens (tertiary/aromatic N) is 1. The highest BCUT2D eigenvalue weighted by Gasteiger charge is 2.26. The number of nitrogens with one attached hydrogen (secondary N) is 3. The van der Waals surface area contributed by atoms with Gasteiger partial charge in [-0.05, 0) is 30.3 Å². The molecule has 0 saturated heterocycles. The topological polar surface area (TPSA) is 209 Å². The molecule has 0 aliphatic carbocycles. The number of halogens is 1. The Kier molecular flexibility index (Phi) is 9.99. The summed E-state index contributed by atoms with van der Waals surface area (Å²) in [4.78, 5) is 39.3. The third-order valence-corrected chi connectivity index (χ3v) is 6.34. The summed E-state index contributed by atoms with van der Waals surface area (Å²) >= 11 is 0. The van der Waals surface area contributed by atoms with Gasteiger partial charge in [-0.2, -0.15) is 4.72 Å². The SMILES string of the molecule is NC(N)=[NH+]CCOc1ccc2cc(C(=O)NC[C@H](NS(=O)(=O)c3ccccc3)C(=O)O)cc(=O)n2c1.[Cl-]. The first-order valence-corrected chi connectivity index (χ1v) is 12.0. The van der Waals surface area contributed by atoms with E-state index in [9.17, 15) is 27.9 Å².